The molecule has 0 bridgehead atoms. The average Bonchev–Trinajstić information content (AvgIpc) is 3.01. The van der Waals surface area contributed by atoms with E-state index >= 15 is 0 Å². The van der Waals surface area contributed by atoms with Crippen LogP contribution in [0.2, 0.25) is 0 Å². The largest absolute Gasteiger partial charge is 0.473 e. The summed E-state index contributed by atoms with van der Waals surface area (Å²) in [7, 11) is 0. The molecule has 0 heterocycles. The number of esters is 1. The first-order chi connectivity index (χ1) is 23.0. The number of rotatable bonds is 31. The molecule has 0 saturated heterocycles. The third-order valence-corrected chi connectivity index (χ3v) is 6.83. The molecule has 0 aliphatic heterocycles. The van der Waals surface area contributed by atoms with Crippen molar-refractivity contribution in [1.29, 1.82) is 0 Å². The van der Waals surface area contributed by atoms with Crippen molar-refractivity contribution >= 4 is 12.1 Å². The molecule has 0 spiro atoms. The Hall–Kier alpha value is -3.58. The van der Waals surface area contributed by atoms with Crippen molar-refractivity contribution in [2.75, 3.05) is 73.2 Å². The van der Waals surface area contributed by atoms with Gasteiger partial charge in [-0.1, -0.05) is 37.5 Å². The van der Waals surface area contributed by atoms with Gasteiger partial charge in [-0.15, -0.1) is 13.2 Å². The van der Waals surface area contributed by atoms with Crippen LogP contribution in [0.3, 0.4) is 0 Å². The van der Waals surface area contributed by atoms with Crippen molar-refractivity contribution in [2.45, 2.75) is 67.2 Å². The maximum atomic E-state index is 12.7. The first-order valence-electron chi connectivity index (χ1n) is 16.2. The summed E-state index contributed by atoms with van der Waals surface area (Å²) >= 11 is 0. The lowest BCUT2D eigenvalue weighted by molar-refractivity contribution is -0.165. The normalized spacial score (nSPS) is 11.2. The standard InChI is InChI=1S/C37H61NO11/c1-28(2)13-15-36(16-14-29(3)4,24-46-35(40)38-17-18-45-34(39)30(5)6)19-41-20-37(21-42-25-47-31(7)8,22-43-26-48-32(9)10)23-44-27-49-33(11)12/h1,3,5,7,9,11,13-27H2,2,4,6,8,10,12H3,(H,38,40). The molecular weight excluding hydrogens is 634 g/mol. The van der Waals surface area contributed by atoms with Crippen molar-refractivity contribution in [1.82, 2.24) is 5.32 Å². The van der Waals surface area contributed by atoms with Gasteiger partial charge in [-0.05, 0) is 67.2 Å². The van der Waals surface area contributed by atoms with Crippen LogP contribution in [0.1, 0.15) is 67.2 Å². The number of carbonyl (C=O) groups is 2. The minimum absolute atomic E-state index is 0.0130. The van der Waals surface area contributed by atoms with Crippen LogP contribution in [-0.2, 0) is 47.4 Å². The molecule has 280 valence electrons. The van der Waals surface area contributed by atoms with E-state index in [1.807, 2.05) is 13.8 Å². The molecule has 0 aromatic rings. The molecule has 0 radical (unpaired) electrons. The van der Waals surface area contributed by atoms with Crippen LogP contribution in [-0.4, -0.2) is 85.2 Å². The highest BCUT2D eigenvalue weighted by Gasteiger charge is 2.37. The lowest BCUT2D eigenvalue weighted by atomic mass is 9.78. The predicted octanol–water partition coefficient (Wildman–Crippen LogP) is 7.11. The smallest absolute Gasteiger partial charge is 0.407 e. The highest BCUT2D eigenvalue weighted by Crippen LogP contribution is 2.34. The van der Waals surface area contributed by atoms with Crippen LogP contribution in [0, 0.1) is 10.8 Å². The molecule has 0 atom stereocenters. The maximum Gasteiger partial charge on any atom is 0.407 e. The summed E-state index contributed by atoms with van der Waals surface area (Å²) in [6, 6.07) is 0. The summed E-state index contributed by atoms with van der Waals surface area (Å²) in [5, 5.41) is 2.62. The number of alkyl carbamates (subject to hydrolysis) is 1. The number of hydrogen-bond acceptors (Lipinski definition) is 11. The number of allylic oxidation sites excluding steroid dienone is 5. The SMILES string of the molecule is C=C(C)CCC(CCC(=C)C)(COCC(COCOC(=C)C)(COCOC(=C)C)COCOC(=C)C)COC(=O)NCCOC(=O)C(=C)C. The first-order valence-corrected chi connectivity index (χ1v) is 16.2. The molecule has 0 aromatic carbocycles. The number of hydrogen-bond donors (Lipinski definition) is 1. The van der Waals surface area contributed by atoms with Crippen LogP contribution in [0.4, 0.5) is 4.79 Å². The molecule has 49 heavy (non-hydrogen) atoms. The predicted molar refractivity (Wildman–Crippen MR) is 189 cm³/mol. The molecule has 12 heteroatoms. The fourth-order valence-corrected chi connectivity index (χ4v) is 4.04. The van der Waals surface area contributed by atoms with Crippen molar-refractivity contribution in [3.63, 3.8) is 0 Å². The van der Waals surface area contributed by atoms with Crippen LogP contribution >= 0.6 is 0 Å². The zero-order valence-corrected chi connectivity index (χ0v) is 30.8. The van der Waals surface area contributed by atoms with Gasteiger partial charge in [-0.25, -0.2) is 9.59 Å². The third kappa shape index (κ3) is 24.2. The van der Waals surface area contributed by atoms with Gasteiger partial charge in [0.2, 0.25) is 0 Å². The average molecular weight is 696 g/mol. The van der Waals surface area contributed by atoms with E-state index in [-0.39, 0.29) is 78.7 Å². The molecule has 0 aliphatic carbocycles. The van der Waals surface area contributed by atoms with E-state index in [1.54, 1.807) is 27.7 Å². The van der Waals surface area contributed by atoms with Crippen molar-refractivity contribution in [3.8, 4) is 0 Å². The molecule has 0 unspecified atom stereocenters. The van der Waals surface area contributed by atoms with Gasteiger partial charge < -0.3 is 47.9 Å². The summed E-state index contributed by atoms with van der Waals surface area (Å²) in [4.78, 5) is 24.3. The van der Waals surface area contributed by atoms with Crippen molar-refractivity contribution in [2.24, 2.45) is 10.8 Å². The Morgan fingerprint density at radius 2 is 0.939 bits per heavy atom. The molecule has 0 aromatic heterocycles. The van der Waals surface area contributed by atoms with Gasteiger partial charge >= 0.3 is 12.1 Å². The molecule has 0 rings (SSSR count). The van der Waals surface area contributed by atoms with Crippen molar-refractivity contribution < 1.29 is 52.2 Å². The molecular formula is C37H61NO11. The van der Waals surface area contributed by atoms with E-state index in [1.165, 1.54) is 0 Å². The Balaban J connectivity index is 6.03. The van der Waals surface area contributed by atoms with Gasteiger partial charge in [-0.3, -0.25) is 0 Å². The summed E-state index contributed by atoms with van der Waals surface area (Å²) in [5.41, 5.74) is 0.826. The minimum Gasteiger partial charge on any atom is -0.473 e. The Bertz CT molecular complexity index is 1020. The Kier molecular flexibility index (Phi) is 23.5. The molecule has 0 saturated carbocycles. The minimum atomic E-state index is -0.830. The van der Waals surface area contributed by atoms with Gasteiger partial charge in [0.05, 0.1) is 62.3 Å². The van der Waals surface area contributed by atoms with E-state index in [0.29, 0.717) is 43.0 Å². The number of amides is 1. The Morgan fingerprint density at radius 3 is 1.33 bits per heavy atom. The van der Waals surface area contributed by atoms with Crippen LogP contribution in [0.15, 0.2) is 73.5 Å². The third-order valence-electron chi connectivity index (χ3n) is 6.83. The van der Waals surface area contributed by atoms with E-state index in [4.69, 9.17) is 42.6 Å². The zero-order valence-electron chi connectivity index (χ0n) is 30.8. The number of ether oxygens (including phenoxy) is 9. The number of carbonyl (C=O) groups excluding carboxylic acids is 2. The maximum absolute atomic E-state index is 12.7. The number of nitrogens with one attached hydrogen (secondary N) is 1. The topological polar surface area (TPSA) is 129 Å². The molecule has 12 nitrogen and oxygen atoms in total. The zero-order chi connectivity index (χ0) is 37.3. The van der Waals surface area contributed by atoms with Crippen molar-refractivity contribution in [3.05, 3.63) is 73.5 Å². The van der Waals surface area contributed by atoms with Gasteiger partial charge in [-0.2, -0.15) is 0 Å². The first kappa shape index (κ1) is 45.4. The summed E-state index contributed by atoms with van der Waals surface area (Å²) < 4.78 is 51.2. The molecule has 1 amide bonds. The second-order valence-corrected chi connectivity index (χ2v) is 12.8. The fourth-order valence-electron chi connectivity index (χ4n) is 4.04. The van der Waals surface area contributed by atoms with Gasteiger partial charge in [0.25, 0.3) is 0 Å². The second-order valence-electron chi connectivity index (χ2n) is 12.8. The fraction of sp³-hybridized carbons (Fsp3) is 0.622. The molecule has 0 fully saturated rings. The molecule has 1 N–H and O–H groups in total. The summed E-state index contributed by atoms with van der Waals surface area (Å²) in [6.07, 6.45) is 2.02. The summed E-state index contributed by atoms with van der Waals surface area (Å²) in [5.74, 6) is 1.00. The van der Waals surface area contributed by atoms with Crippen LogP contribution in [0.5, 0.6) is 0 Å². The monoisotopic (exact) mass is 695 g/mol. The lowest BCUT2D eigenvalue weighted by Gasteiger charge is -2.37. The van der Waals surface area contributed by atoms with E-state index in [2.05, 4.69) is 44.8 Å². The highest BCUT2D eigenvalue weighted by atomic mass is 16.7. The summed E-state index contributed by atoms with van der Waals surface area (Å²) in [6.45, 7) is 34.4. The van der Waals surface area contributed by atoms with Crippen LogP contribution in [0.25, 0.3) is 0 Å². The lowest BCUT2D eigenvalue weighted by Crippen LogP contribution is -2.44. The van der Waals surface area contributed by atoms with Gasteiger partial charge in [0.15, 0.2) is 20.4 Å². The highest BCUT2D eigenvalue weighted by molar-refractivity contribution is 5.86. The Labute approximate surface area is 294 Å². The van der Waals surface area contributed by atoms with E-state index in [9.17, 15) is 9.59 Å². The van der Waals surface area contributed by atoms with E-state index in [0.717, 1.165) is 11.1 Å². The Morgan fingerprint density at radius 1 is 0.531 bits per heavy atom. The van der Waals surface area contributed by atoms with Gasteiger partial charge in [0.1, 0.15) is 13.2 Å². The van der Waals surface area contributed by atoms with Gasteiger partial charge in [0, 0.05) is 11.0 Å². The quantitative estimate of drug-likeness (QED) is 0.0199. The van der Waals surface area contributed by atoms with E-state index < -0.39 is 22.9 Å². The second kappa shape index (κ2) is 25.4. The molecule has 0 aliphatic rings. The van der Waals surface area contributed by atoms with Crippen LogP contribution < -0.4 is 5.32 Å².